The van der Waals surface area contributed by atoms with Crippen molar-refractivity contribution < 1.29 is 9.13 Å². The van der Waals surface area contributed by atoms with Gasteiger partial charge in [-0.1, -0.05) is 11.8 Å². The Morgan fingerprint density at radius 1 is 1.86 bits per heavy atom. The van der Waals surface area contributed by atoms with Gasteiger partial charge in [0.2, 0.25) is 0 Å². The molecule has 0 aliphatic rings. The first kappa shape index (κ1) is 7.97. The van der Waals surface area contributed by atoms with E-state index in [2.05, 4.69) is 4.74 Å². The van der Waals surface area contributed by atoms with Crippen LogP contribution in [0.4, 0.5) is 4.39 Å². The minimum atomic E-state index is -1.53. The summed E-state index contributed by atoms with van der Waals surface area (Å²) in [7, 11) is 1.34. The number of methoxy groups -OCH3 is 1. The molecule has 0 heterocycles. The van der Waals surface area contributed by atoms with Gasteiger partial charge in [0, 0.05) is 29.7 Å². The van der Waals surface area contributed by atoms with E-state index in [-0.39, 0.29) is 0 Å². The van der Waals surface area contributed by atoms with Crippen molar-refractivity contribution in [2.24, 2.45) is 0 Å². The maximum absolute atomic E-state index is 12.3. The Hall–Kier alpha value is 0.970. The van der Waals surface area contributed by atoms with E-state index in [1.54, 1.807) is 28.8 Å². The van der Waals surface area contributed by atoms with Crippen LogP contribution < -0.4 is 0 Å². The molecule has 1 nitrogen and oxygen atoms in total. The molecule has 0 aromatic heterocycles. The fraction of sp³-hybridized carbons (Fsp3) is 1.00. The first-order valence-electron chi connectivity index (χ1n) is 1.60. The van der Waals surface area contributed by atoms with Gasteiger partial charge in [0.25, 0.3) is 0 Å². The third-order valence-corrected chi connectivity index (χ3v) is 2.88. The minimum Gasteiger partial charge on any atom is -0.333 e. The molecule has 0 rings (SSSR count). The predicted molar refractivity (Wildman–Crippen MR) is 38.4 cm³/mol. The maximum Gasteiger partial charge on any atom is 0.308 e. The van der Waals surface area contributed by atoms with Crippen LogP contribution in [0.3, 0.4) is 0 Å². The Labute approximate surface area is 60.1 Å². The number of thioether (sulfide) groups is 1. The summed E-state index contributed by atoms with van der Waals surface area (Å²) in [5.41, 5.74) is 0. The number of alkyl halides is 2. The fourth-order valence-corrected chi connectivity index (χ4v) is 0.250. The molecule has 0 aliphatic heterocycles. The van der Waals surface area contributed by atoms with E-state index in [4.69, 9.17) is 0 Å². The predicted octanol–water partition coefficient (Wildman–Crippen LogP) is 2.01. The Morgan fingerprint density at radius 2 is 2.29 bits per heavy atom. The number of rotatable bonds is 2. The molecule has 0 saturated heterocycles. The van der Waals surface area contributed by atoms with Crippen LogP contribution >= 0.6 is 34.4 Å². The monoisotopic (exact) mass is 236 g/mol. The van der Waals surface area contributed by atoms with Gasteiger partial charge in [-0.25, -0.2) is 0 Å². The zero-order chi connectivity index (χ0) is 5.91. The topological polar surface area (TPSA) is 9.23 Å². The standard InChI is InChI=1S/C3H6FIOS/c1-6-3(4,5)7-2/h1-2H3. The fourth-order valence-electron chi connectivity index (χ4n) is 0.0833. The molecule has 0 spiro atoms. The molecule has 0 aliphatic carbocycles. The molecule has 1 atom stereocenters. The number of ether oxygens (including phenoxy) is 1. The van der Waals surface area contributed by atoms with Gasteiger partial charge in [0.1, 0.15) is 0 Å². The van der Waals surface area contributed by atoms with E-state index in [1.807, 2.05) is 0 Å². The molecule has 0 N–H and O–H groups in total. The quantitative estimate of drug-likeness (QED) is 0.412. The van der Waals surface area contributed by atoms with Crippen molar-refractivity contribution in [1.82, 2.24) is 0 Å². The molecule has 0 bridgehead atoms. The highest BCUT2D eigenvalue weighted by Gasteiger charge is 2.21. The van der Waals surface area contributed by atoms with Crippen LogP contribution in [-0.2, 0) is 4.74 Å². The van der Waals surface area contributed by atoms with Crippen LogP contribution in [0.15, 0.2) is 0 Å². The Bertz CT molecular complexity index is 52.9. The molecule has 1 unspecified atom stereocenters. The highest BCUT2D eigenvalue weighted by molar-refractivity contribution is 14.1. The lowest BCUT2D eigenvalue weighted by atomic mass is 11.5. The smallest absolute Gasteiger partial charge is 0.308 e. The van der Waals surface area contributed by atoms with Crippen LogP contribution in [0.5, 0.6) is 0 Å². The second-order valence-corrected chi connectivity index (χ2v) is 3.92. The zero-order valence-corrected chi connectivity index (χ0v) is 7.05. The third kappa shape index (κ3) is 3.54. The summed E-state index contributed by atoms with van der Waals surface area (Å²) >= 11 is 2.60. The largest absolute Gasteiger partial charge is 0.333 e. The van der Waals surface area contributed by atoms with Gasteiger partial charge in [-0.2, -0.15) is 4.39 Å². The van der Waals surface area contributed by atoms with Crippen molar-refractivity contribution in [2.45, 2.75) is 3.19 Å². The number of hydrogen-bond acceptors (Lipinski definition) is 2. The van der Waals surface area contributed by atoms with Gasteiger partial charge >= 0.3 is 3.19 Å². The molecular weight excluding hydrogens is 230 g/mol. The summed E-state index contributed by atoms with van der Waals surface area (Å²) in [5.74, 6) is 0. The van der Waals surface area contributed by atoms with Crippen LogP contribution in [0.25, 0.3) is 0 Å². The van der Waals surface area contributed by atoms with Crippen LogP contribution in [-0.4, -0.2) is 16.6 Å². The normalized spacial score (nSPS) is 18.9. The van der Waals surface area contributed by atoms with Gasteiger partial charge in [-0.05, 0) is 6.26 Å². The van der Waals surface area contributed by atoms with Crippen molar-refractivity contribution in [2.75, 3.05) is 13.4 Å². The lowest BCUT2D eigenvalue weighted by Crippen LogP contribution is -2.08. The molecule has 0 fully saturated rings. The van der Waals surface area contributed by atoms with Gasteiger partial charge in [0.05, 0.1) is 0 Å². The molecule has 0 aromatic rings. The number of halogens is 2. The third-order valence-electron chi connectivity index (χ3n) is 0.475. The lowest BCUT2D eigenvalue weighted by Gasteiger charge is -2.10. The van der Waals surface area contributed by atoms with E-state index in [9.17, 15) is 4.39 Å². The van der Waals surface area contributed by atoms with Gasteiger partial charge < -0.3 is 4.74 Å². The molecular formula is C3H6FIOS. The average molecular weight is 236 g/mol. The van der Waals surface area contributed by atoms with Gasteiger partial charge in [-0.15, -0.1) is 0 Å². The Balaban J connectivity index is 3.36. The molecule has 0 radical (unpaired) electrons. The molecule has 0 saturated carbocycles. The summed E-state index contributed by atoms with van der Waals surface area (Å²) < 4.78 is 15.1. The summed E-state index contributed by atoms with van der Waals surface area (Å²) in [6.45, 7) is 0. The highest BCUT2D eigenvalue weighted by atomic mass is 127. The van der Waals surface area contributed by atoms with E-state index in [0.29, 0.717) is 0 Å². The first-order valence-corrected chi connectivity index (χ1v) is 3.91. The number of hydrogen-bond donors (Lipinski definition) is 0. The van der Waals surface area contributed by atoms with Crippen molar-refractivity contribution in [3.05, 3.63) is 0 Å². The van der Waals surface area contributed by atoms with Crippen LogP contribution in [0.2, 0.25) is 0 Å². The highest BCUT2D eigenvalue weighted by Crippen LogP contribution is 2.32. The second-order valence-electron chi connectivity index (χ2n) is 0.872. The average Bonchev–Trinajstić information content (AvgIpc) is 1.68. The van der Waals surface area contributed by atoms with Gasteiger partial charge in [-0.3, -0.25) is 0 Å². The SMILES string of the molecule is COC(F)(I)SC. The van der Waals surface area contributed by atoms with E-state index < -0.39 is 3.19 Å². The van der Waals surface area contributed by atoms with Crippen molar-refractivity contribution in [3.63, 3.8) is 0 Å². The van der Waals surface area contributed by atoms with E-state index in [0.717, 1.165) is 11.8 Å². The van der Waals surface area contributed by atoms with E-state index in [1.165, 1.54) is 7.11 Å². The summed E-state index contributed by atoms with van der Waals surface area (Å²) in [4.78, 5) is 0. The lowest BCUT2D eigenvalue weighted by molar-refractivity contribution is 0.0555. The molecule has 7 heavy (non-hydrogen) atoms. The zero-order valence-electron chi connectivity index (χ0n) is 4.07. The van der Waals surface area contributed by atoms with Crippen molar-refractivity contribution in [1.29, 1.82) is 0 Å². The Morgan fingerprint density at radius 3 is 2.29 bits per heavy atom. The van der Waals surface area contributed by atoms with Crippen LogP contribution in [0, 0.1) is 0 Å². The molecule has 4 heteroatoms. The first-order chi connectivity index (χ1) is 3.12. The molecule has 0 amide bonds. The second kappa shape index (κ2) is 3.09. The van der Waals surface area contributed by atoms with E-state index >= 15 is 0 Å². The van der Waals surface area contributed by atoms with Crippen molar-refractivity contribution in [3.8, 4) is 0 Å². The summed E-state index contributed by atoms with van der Waals surface area (Å²) in [6.07, 6.45) is 1.65. The maximum atomic E-state index is 12.3. The summed E-state index contributed by atoms with van der Waals surface area (Å²) in [5, 5.41) is 0. The van der Waals surface area contributed by atoms with Crippen LogP contribution in [0.1, 0.15) is 0 Å². The molecule has 0 aromatic carbocycles. The minimum absolute atomic E-state index is 1.02. The van der Waals surface area contributed by atoms with Gasteiger partial charge in [0.15, 0.2) is 0 Å². The summed E-state index contributed by atoms with van der Waals surface area (Å²) in [6, 6.07) is 0. The van der Waals surface area contributed by atoms with Crippen molar-refractivity contribution >= 4 is 34.4 Å². The Kier molecular flexibility index (Phi) is 3.52. The molecule has 44 valence electrons.